The molecule has 1 nitrogen and oxygen atoms in total. The zero-order valence-electron chi connectivity index (χ0n) is 8.71. The highest BCUT2D eigenvalue weighted by atomic mass is 32.1. The Hall–Kier alpha value is -1.54. The lowest BCUT2D eigenvalue weighted by Gasteiger charge is -2.12. The third kappa shape index (κ3) is 2.17. The van der Waals surface area contributed by atoms with Crippen LogP contribution in [0.4, 0.5) is 0 Å². The van der Waals surface area contributed by atoms with Gasteiger partial charge in [-0.2, -0.15) is 0 Å². The van der Waals surface area contributed by atoms with Gasteiger partial charge in [0.2, 0.25) is 0 Å². The molecule has 16 heavy (non-hydrogen) atoms. The van der Waals surface area contributed by atoms with Gasteiger partial charge in [-0.3, -0.25) is 0 Å². The third-order valence-corrected chi connectivity index (χ3v) is 2.97. The van der Waals surface area contributed by atoms with Crippen LogP contribution in [0.5, 0.6) is 0 Å². The van der Waals surface area contributed by atoms with Crippen molar-refractivity contribution in [3.63, 3.8) is 0 Å². The van der Waals surface area contributed by atoms with E-state index in [1.165, 1.54) is 0 Å². The molecule has 1 unspecified atom stereocenters. The van der Waals surface area contributed by atoms with E-state index in [4.69, 9.17) is 0 Å². The molecule has 0 saturated carbocycles. The van der Waals surface area contributed by atoms with Crippen LogP contribution in [0, 0.1) is 0 Å². The van der Waals surface area contributed by atoms with Crippen LogP contribution in [0.15, 0.2) is 59.5 Å². The van der Waals surface area contributed by atoms with Crippen molar-refractivity contribution in [1.29, 1.82) is 0 Å². The first-order valence-electron chi connectivity index (χ1n) is 5.11. The van der Waals surface area contributed by atoms with Crippen LogP contribution in [0.3, 0.4) is 0 Å². The van der Waals surface area contributed by atoms with Gasteiger partial charge in [-0.25, -0.2) is 0 Å². The maximum Gasteiger partial charge on any atom is 0.131 e. The topological polar surface area (TPSA) is 17.1 Å². The molecule has 1 atom stereocenters. The van der Waals surface area contributed by atoms with Gasteiger partial charge in [0.15, 0.2) is 0 Å². The predicted molar refractivity (Wildman–Crippen MR) is 68.0 cm³/mol. The van der Waals surface area contributed by atoms with E-state index in [1.807, 2.05) is 54.6 Å². The Bertz CT molecular complexity index is 479. The van der Waals surface area contributed by atoms with Crippen molar-refractivity contribution in [2.45, 2.75) is 10.8 Å². The molecule has 0 radical (unpaired) electrons. The zero-order valence-corrected chi connectivity index (χ0v) is 9.60. The Morgan fingerprint density at radius 1 is 0.938 bits per heavy atom. The van der Waals surface area contributed by atoms with E-state index < -0.39 is 0 Å². The largest absolute Gasteiger partial charge is 0.302 e. The fourth-order valence-corrected chi connectivity index (χ4v) is 2.04. The summed E-state index contributed by atoms with van der Waals surface area (Å²) in [5.74, 6) is -0.227. The van der Waals surface area contributed by atoms with Crippen LogP contribution in [0.2, 0.25) is 0 Å². The summed E-state index contributed by atoms with van der Waals surface area (Å²) >= 11 is 4.38. The Kier molecular flexibility index (Phi) is 3.42. The molecule has 2 heteroatoms. The van der Waals surface area contributed by atoms with Crippen LogP contribution in [-0.4, -0.2) is 6.29 Å². The van der Waals surface area contributed by atoms with Crippen molar-refractivity contribution in [3.8, 4) is 0 Å². The summed E-state index contributed by atoms with van der Waals surface area (Å²) in [6.07, 6.45) is 0.963. The number of carbonyl (C=O) groups is 1. The summed E-state index contributed by atoms with van der Waals surface area (Å²) in [6.45, 7) is 0. The molecule has 2 rings (SSSR count). The normalized spacial score (nSPS) is 12.1. The van der Waals surface area contributed by atoms with Gasteiger partial charge in [-0.05, 0) is 17.2 Å². The van der Waals surface area contributed by atoms with Crippen LogP contribution >= 0.6 is 12.6 Å². The average Bonchev–Trinajstić information content (AvgIpc) is 2.34. The Labute approximate surface area is 101 Å². The fraction of sp³-hybridized carbons (Fsp3) is 0.0714. The standard InChI is InChI=1S/C14H12OS/c15-10-13(11-6-2-1-3-7-11)12-8-4-5-9-14(12)16/h1-10,13,16H. The summed E-state index contributed by atoms with van der Waals surface area (Å²) in [7, 11) is 0. The summed E-state index contributed by atoms with van der Waals surface area (Å²) in [5.41, 5.74) is 1.95. The maximum atomic E-state index is 11.2. The minimum absolute atomic E-state index is 0.227. The number of aldehydes is 1. The van der Waals surface area contributed by atoms with Crippen LogP contribution in [0.25, 0.3) is 0 Å². The molecule has 0 N–H and O–H groups in total. The van der Waals surface area contributed by atoms with Gasteiger partial charge in [0.1, 0.15) is 6.29 Å². The molecule has 0 heterocycles. The van der Waals surface area contributed by atoms with Gasteiger partial charge in [-0.1, -0.05) is 48.5 Å². The van der Waals surface area contributed by atoms with E-state index in [2.05, 4.69) is 12.6 Å². The van der Waals surface area contributed by atoms with Crippen molar-refractivity contribution in [3.05, 3.63) is 65.7 Å². The van der Waals surface area contributed by atoms with E-state index in [0.29, 0.717) is 0 Å². The smallest absolute Gasteiger partial charge is 0.131 e. The van der Waals surface area contributed by atoms with Crippen LogP contribution in [0.1, 0.15) is 17.0 Å². The molecule has 0 saturated heterocycles. The second-order valence-corrected chi connectivity index (χ2v) is 4.07. The molecule has 2 aromatic carbocycles. The number of thiol groups is 1. The summed E-state index contributed by atoms with van der Waals surface area (Å²) in [4.78, 5) is 12.1. The van der Waals surface area contributed by atoms with Crippen molar-refractivity contribution in [2.75, 3.05) is 0 Å². The molecule has 2 aromatic rings. The van der Waals surface area contributed by atoms with Crippen molar-refractivity contribution < 1.29 is 4.79 Å². The monoisotopic (exact) mass is 228 g/mol. The van der Waals surface area contributed by atoms with Crippen LogP contribution < -0.4 is 0 Å². The quantitative estimate of drug-likeness (QED) is 0.630. The lowest BCUT2D eigenvalue weighted by molar-refractivity contribution is -0.108. The molecule has 0 aliphatic heterocycles. The summed E-state index contributed by atoms with van der Waals surface area (Å²) < 4.78 is 0. The van der Waals surface area contributed by atoms with Gasteiger partial charge in [-0.15, -0.1) is 12.6 Å². The van der Waals surface area contributed by atoms with Crippen molar-refractivity contribution in [2.24, 2.45) is 0 Å². The molecule has 0 bridgehead atoms. The van der Waals surface area contributed by atoms with E-state index in [0.717, 1.165) is 22.3 Å². The van der Waals surface area contributed by atoms with Gasteiger partial charge < -0.3 is 4.79 Å². The molecule has 0 aliphatic rings. The molecule has 0 amide bonds. The third-order valence-electron chi connectivity index (χ3n) is 2.57. The highest BCUT2D eigenvalue weighted by molar-refractivity contribution is 7.80. The number of hydrogen-bond acceptors (Lipinski definition) is 2. The lowest BCUT2D eigenvalue weighted by atomic mass is 9.93. The molecule has 0 aliphatic carbocycles. The summed E-state index contributed by atoms with van der Waals surface area (Å²) in [6, 6.07) is 17.4. The van der Waals surface area contributed by atoms with E-state index >= 15 is 0 Å². The molecular formula is C14H12OS. The van der Waals surface area contributed by atoms with E-state index in [1.54, 1.807) is 0 Å². The average molecular weight is 228 g/mol. The fourth-order valence-electron chi connectivity index (χ4n) is 1.74. The molecule has 0 fully saturated rings. The minimum atomic E-state index is -0.227. The summed E-state index contributed by atoms with van der Waals surface area (Å²) in [5, 5.41) is 0. The first-order chi connectivity index (χ1) is 7.83. The molecule has 0 aromatic heterocycles. The second-order valence-electron chi connectivity index (χ2n) is 3.58. The van der Waals surface area contributed by atoms with Crippen molar-refractivity contribution in [1.82, 2.24) is 0 Å². The number of carbonyl (C=O) groups excluding carboxylic acids is 1. The number of rotatable bonds is 3. The van der Waals surface area contributed by atoms with Gasteiger partial charge in [0.25, 0.3) is 0 Å². The Balaban J connectivity index is 2.45. The maximum absolute atomic E-state index is 11.2. The van der Waals surface area contributed by atoms with Gasteiger partial charge >= 0.3 is 0 Å². The van der Waals surface area contributed by atoms with Crippen molar-refractivity contribution >= 4 is 18.9 Å². The van der Waals surface area contributed by atoms with Crippen LogP contribution in [-0.2, 0) is 4.79 Å². The number of hydrogen-bond donors (Lipinski definition) is 1. The van der Waals surface area contributed by atoms with E-state index in [-0.39, 0.29) is 5.92 Å². The molecule has 80 valence electrons. The zero-order chi connectivity index (χ0) is 11.4. The predicted octanol–water partition coefficient (Wildman–Crippen LogP) is 3.31. The van der Waals surface area contributed by atoms with E-state index in [9.17, 15) is 4.79 Å². The first kappa shape index (κ1) is 11.0. The van der Waals surface area contributed by atoms with Gasteiger partial charge in [0, 0.05) is 4.90 Å². The Morgan fingerprint density at radius 2 is 1.56 bits per heavy atom. The molecule has 0 spiro atoms. The lowest BCUT2D eigenvalue weighted by Crippen LogP contribution is -2.03. The first-order valence-corrected chi connectivity index (χ1v) is 5.56. The second kappa shape index (κ2) is 4.99. The molecular weight excluding hydrogens is 216 g/mol. The minimum Gasteiger partial charge on any atom is -0.302 e. The Morgan fingerprint density at radius 3 is 2.19 bits per heavy atom. The highest BCUT2D eigenvalue weighted by Gasteiger charge is 2.14. The number of benzene rings is 2. The highest BCUT2D eigenvalue weighted by Crippen LogP contribution is 2.27. The van der Waals surface area contributed by atoms with Gasteiger partial charge in [0.05, 0.1) is 5.92 Å². The SMILES string of the molecule is O=CC(c1ccccc1)c1ccccc1S.